The molecular weight excluding hydrogens is 623 g/mol. The molecule has 48 heavy (non-hydrogen) atoms. The minimum atomic E-state index is 0.850. The third kappa shape index (κ3) is 4.38. The fourth-order valence-corrected chi connectivity index (χ4v) is 8.99. The highest BCUT2D eigenvalue weighted by Crippen LogP contribution is 2.52. The Morgan fingerprint density at radius 3 is 1.65 bits per heavy atom. The van der Waals surface area contributed by atoms with Crippen LogP contribution in [0.1, 0.15) is 0 Å². The number of ether oxygens (including phenoxy) is 1. The Bertz CT molecular complexity index is 2590. The van der Waals surface area contributed by atoms with E-state index in [4.69, 9.17) is 4.74 Å². The smallest absolute Gasteiger partial charge is 0.151 e. The van der Waals surface area contributed by atoms with Gasteiger partial charge in [0.2, 0.25) is 0 Å². The van der Waals surface area contributed by atoms with E-state index in [1.165, 1.54) is 63.6 Å². The molecule has 226 valence electrons. The summed E-state index contributed by atoms with van der Waals surface area (Å²) in [4.78, 5) is 6.18. The van der Waals surface area contributed by atoms with Crippen molar-refractivity contribution in [3.8, 4) is 42.8 Å². The molecule has 0 saturated carbocycles. The molecule has 2 aromatic heterocycles. The van der Waals surface area contributed by atoms with Crippen LogP contribution in [0, 0.1) is 0 Å². The van der Waals surface area contributed by atoms with Gasteiger partial charge in [-0.1, -0.05) is 91.0 Å². The van der Waals surface area contributed by atoms with E-state index in [1.807, 2.05) is 35.6 Å². The Morgan fingerprint density at radius 2 is 0.979 bits per heavy atom. The van der Waals surface area contributed by atoms with Gasteiger partial charge in [0, 0.05) is 20.3 Å². The van der Waals surface area contributed by atoms with Gasteiger partial charge in [0.25, 0.3) is 0 Å². The van der Waals surface area contributed by atoms with Gasteiger partial charge in [-0.25, -0.2) is 0 Å². The molecule has 0 amide bonds. The molecule has 0 saturated heterocycles. The largest absolute Gasteiger partial charge is 0.453 e. The van der Waals surface area contributed by atoms with Crippen molar-refractivity contribution < 1.29 is 4.74 Å². The third-order valence-corrected chi connectivity index (χ3v) is 11.5. The van der Waals surface area contributed by atoms with Crippen LogP contribution in [0.2, 0.25) is 0 Å². The fraction of sp³-hybridized carbons (Fsp3) is 0. The molecule has 0 bridgehead atoms. The maximum atomic E-state index is 6.39. The van der Waals surface area contributed by atoms with Gasteiger partial charge in [-0.15, -0.1) is 22.7 Å². The number of rotatable bonds is 4. The highest BCUT2D eigenvalue weighted by atomic mass is 32.1. The first-order valence-electron chi connectivity index (χ1n) is 16.1. The van der Waals surface area contributed by atoms with Gasteiger partial charge in [-0.2, -0.15) is 0 Å². The van der Waals surface area contributed by atoms with Crippen LogP contribution < -0.4 is 9.64 Å². The average molecular weight is 650 g/mol. The van der Waals surface area contributed by atoms with E-state index >= 15 is 0 Å². The molecule has 0 aliphatic carbocycles. The van der Waals surface area contributed by atoms with E-state index in [9.17, 15) is 0 Å². The van der Waals surface area contributed by atoms with Crippen LogP contribution in [0.4, 0.5) is 17.1 Å². The average Bonchev–Trinajstić information content (AvgIpc) is 3.87. The van der Waals surface area contributed by atoms with Crippen molar-refractivity contribution in [3.63, 3.8) is 0 Å². The number of hydrogen-bond donors (Lipinski definition) is 0. The molecular formula is C44H27NOS2. The summed E-state index contributed by atoms with van der Waals surface area (Å²) >= 11 is 3.63. The maximum Gasteiger partial charge on any atom is 0.151 e. The number of anilines is 3. The number of hydrogen-bond acceptors (Lipinski definition) is 4. The van der Waals surface area contributed by atoms with E-state index in [0.29, 0.717) is 0 Å². The molecule has 1 aliphatic heterocycles. The highest BCUT2D eigenvalue weighted by molar-refractivity contribution is 7.23. The summed E-state index contributed by atoms with van der Waals surface area (Å²) in [5.41, 5.74) is 6.71. The first-order valence-corrected chi connectivity index (χ1v) is 17.8. The van der Waals surface area contributed by atoms with Crippen molar-refractivity contribution in [2.24, 2.45) is 0 Å². The lowest BCUT2D eigenvalue weighted by Gasteiger charge is -2.33. The van der Waals surface area contributed by atoms with Crippen molar-refractivity contribution >= 4 is 72.1 Å². The van der Waals surface area contributed by atoms with Crippen molar-refractivity contribution in [2.75, 3.05) is 4.90 Å². The van der Waals surface area contributed by atoms with Crippen molar-refractivity contribution in [2.45, 2.75) is 0 Å². The zero-order valence-corrected chi connectivity index (χ0v) is 27.4. The third-order valence-electron chi connectivity index (χ3n) is 9.34. The second kappa shape index (κ2) is 11.0. The monoisotopic (exact) mass is 649 g/mol. The predicted octanol–water partition coefficient (Wildman–Crippen LogP) is 13.8. The van der Waals surface area contributed by atoms with Crippen LogP contribution in [0.15, 0.2) is 163 Å². The van der Waals surface area contributed by atoms with E-state index < -0.39 is 0 Å². The predicted molar refractivity (Wildman–Crippen MR) is 206 cm³/mol. The Hall–Kier alpha value is -5.68. The lowest BCUT2D eigenvalue weighted by atomic mass is 9.91. The second-order valence-corrected chi connectivity index (χ2v) is 14.2. The molecule has 0 fully saturated rings. The van der Waals surface area contributed by atoms with Crippen LogP contribution in [0.5, 0.6) is 11.5 Å². The van der Waals surface area contributed by atoms with Gasteiger partial charge < -0.3 is 9.64 Å². The Labute approximate surface area is 286 Å². The van der Waals surface area contributed by atoms with Gasteiger partial charge >= 0.3 is 0 Å². The standard InChI is InChI=1S/C44H27NOS2/c1-2-12-34-32(10-1)33-11-3-4-13-35(33)37-27-28(19-20-36(34)37)29-24-30(42-21-22-44(48-42)43-18-9-23-47-43)26-31(25-29)45-38-14-5-7-16-40(38)46-41-17-8-6-15-39(41)45/h1-27H. The van der Waals surface area contributed by atoms with E-state index in [-0.39, 0.29) is 0 Å². The van der Waals surface area contributed by atoms with Crippen LogP contribution >= 0.6 is 22.7 Å². The minimum Gasteiger partial charge on any atom is -0.453 e. The van der Waals surface area contributed by atoms with Crippen LogP contribution in [-0.4, -0.2) is 0 Å². The first-order chi connectivity index (χ1) is 23.8. The molecule has 0 atom stereocenters. The summed E-state index contributed by atoms with van der Waals surface area (Å²) in [6, 6.07) is 57.0. The molecule has 1 aliphatic rings. The van der Waals surface area contributed by atoms with Gasteiger partial charge in [0.15, 0.2) is 11.5 Å². The SMILES string of the molecule is c1csc(-c2ccc(-c3cc(-c4ccc5c6ccccc6c6ccccc6c5c4)cc(N4c5ccccc5Oc5ccccc54)c3)s2)c1. The number of benzene rings is 7. The summed E-state index contributed by atoms with van der Waals surface area (Å²) in [6.07, 6.45) is 0. The quantitative estimate of drug-likeness (QED) is 0.176. The normalized spacial score (nSPS) is 12.3. The van der Waals surface area contributed by atoms with Crippen LogP contribution in [0.25, 0.3) is 63.6 Å². The topological polar surface area (TPSA) is 12.5 Å². The molecule has 4 heteroatoms. The number of nitrogens with zero attached hydrogens (tertiary/aromatic N) is 1. The first kappa shape index (κ1) is 27.4. The molecule has 3 heterocycles. The van der Waals surface area contributed by atoms with Gasteiger partial charge in [-0.05, 0) is 121 Å². The Balaban J connectivity index is 1.22. The molecule has 7 aromatic carbocycles. The zero-order chi connectivity index (χ0) is 31.6. The van der Waals surface area contributed by atoms with Gasteiger partial charge in [0.1, 0.15) is 0 Å². The minimum absolute atomic E-state index is 0.850. The fourth-order valence-electron chi connectivity index (χ4n) is 7.16. The molecule has 0 radical (unpaired) electrons. The van der Waals surface area contributed by atoms with Crippen LogP contribution in [0.3, 0.4) is 0 Å². The van der Waals surface area contributed by atoms with Crippen molar-refractivity contribution in [1.82, 2.24) is 0 Å². The lowest BCUT2D eigenvalue weighted by molar-refractivity contribution is 0.477. The Morgan fingerprint density at radius 1 is 0.396 bits per heavy atom. The summed E-state index contributed by atoms with van der Waals surface area (Å²) in [5.74, 6) is 1.70. The van der Waals surface area contributed by atoms with Gasteiger partial charge in [0.05, 0.1) is 11.4 Å². The molecule has 0 spiro atoms. The zero-order valence-electron chi connectivity index (χ0n) is 25.8. The van der Waals surface area contributed by atoms with Crippen molar-refractivity contribution in [3.05, 3.63) is 163 Å². The maximum absolute atomic E-state index is 6.39. The number of thiophene rings is 2. The molecule has 10 rings (SSSR count). The van der Waals surface area contributed by atoms with Crippen molar-refractivity contribution in [1.29, 1.82) is 0 Å². The summed E-state index contributed by atoms with van der Waals surface area (Å²) in [5, 5.41) is 9.84. The number of para-hydroxylation sites is 4. The summed E-state index contributed by atoms with van der Waals surface area (Å²) in [6.45, 7) is 0. The Kier molecular flexibility index (Phi) is 6.26. The lowest BCUT2D eigenvalue weighted by Crippen LogP contribution is -2.15. The molecule has 9 aromatic rings. The second-order valence-electron chi connectivity index (χ2n) is 12.1. The van der Waals surface area contributed by atoms with Gasteiger partial charge in [-0.3, -0.25) is 0 Å². The summed E-state index contributed by atoms with van der Waals surface area (Å²) < 4.78 is 6.39. The number of fused-ring (bicyclic) bond motifs is 8. The molecule has 0 unspecified atom stereocenters. The van der Waals surface area contributed by atoms with Crippen LogP contribution in [-0.2, 0) is 0 Å². The summed E-state index contributed by atoms with van der Waals surface area (Å²) in [7, 11) is 0. The highest BCUT2D eigenvalue weighted by Gasteiger charge is 2.26. The van der Waals surface area contributed by atoms with E-state index in [1.54, 1.807) is 11.3 Å². The molecule has 2 nitrogen and oxygen atoms in total. The van der Waals surface area contributed by atoms with E-state index in [0.717, 1.165) is 28.6 Å². The van der Waals surface area contributed by atoms with E-state index in [2.05, 4.69) is 144 Å². The molecule has 0 N–H and O–H groups in total.